The summed E-state index contributed by atoms with van der Waals surface area (Å²) in [6.07, 6.45) is 0.495. The van der Waals surface area contributed by atoms with E-state index in [9.17, 15) is 24.3 Å². The number of phenolic OH excluding ortho intramolecular Hbond substituents is 1. The number of nitrogens with two attached hydrogens (primary N) is 1. The van der Waals surface area contributed by atoms with Gasteiger partial charge in [0.25, 0.3) is 0 Å². The Morgan fingerprint density at radius 3 is 2.26 bits per heavy atom. The standard InChI is InChI=1S/C24H38N4O6/c1-7-10-15(2)26-21(31)20(16-11-8-9-12-18(16)29)28(6)22(32)17(13-14-19(25)30)27-23(33)34-24(3,4)5/h8-9,11-12,15,17,20,29H,7,10,13-14H2,1-6H3,(H2,25,30)(H,26,31)(H,27,33). The number of carbonyl (C=O) groups excluding carboxylic acids is 4. The Hall–Kier alpha value is -3.30. The molecule has 5 N–H and O–H groups in total. The lowest BCUT2D eigenvalue weighted by molar-refractivity contribution is -0.141. The van der Waals surface area contributed by atoms with Crippen molar-refractivity contribution in [2.45, 2.75) is 84.0 Å². The first-order chi connectivity index (χ1) is 15.8. The molecule has 1 aromatic carbocycles. The summed E-state index contributed by atoms with van der Waals surface area (Å²) in [5, 5.41) is 15.8. The number of aromatic hydroxyl groups is 1. The van der Waals surface area contributed by atoms with Crippen LogP contribution < -0.4 is 16.4 Å². The first-order valence-electron chi connectivity index (χ1n) is 11.4. The van der Waals surface area contributed by atoms with Gasteiger partial charge in [0.05, 0.1) is 0 Å². The van der Waals surface area contributed by atoms with Gasteiger partial charge in [-0.2, -0.15) is 0 Å². The zero-order chi connectivity index (χ0) is 26.1. The zero-order valence-corrected chi connectivity index (χ0v) is 20.9. The number of benzene rings is 1. The molecule has 0 aliphatic rings. The van der Waals surface area contributed by atoms with Crippen LogP contribution in [0.15, 0.2) is 24.3 Å². The number of para-hydroxylation sites is 1. The van der Waals surface area contributed by atoms with Gasteiger partial charge in [0, 0.05) is 25.1 Å². The molecule has 3 unspecified atom stereocenters. The molecule has 0 radical (unpaired) electrons. The molecule has 3 atom stereocenters. The van der Waals surface area contributed by atoms with Crippen LogP contribution in [0.2, 0.25) is 0 Å². The van der Waals surface area contributed by atoms with Gasteiger partial charge in [-0.15, -0.1) is 0 Å². The lowest BCUT2D eigenvalue weighted by Crippen LogP contribution is -2.52. The van der Waals surface area contributed by atoms with Crippen molar-refractivity contribution < 1.29 is 29.0 Å². The summed E-state index contributed by atoms with van der Waals surface area (Å²) in [6.45, 7) is 8.87. The Balaban J connectivity index is 3.28. The normalized spacial score (nSPS) is 13.8. The summed E-state index contributed by atoms with van der Waals surface area (Å²) >= 11 is 0. The first kappa shape index (κ1) is 28.7. The van der Waals surface area contributed by atoms with E-state index >= 15 is 0 Å². The van der Waals surface area contributed by atoms with Gasteiger partial charge < -0.3 is 31.1 Å². The highest BCUT2D eigenvalue weighted by Gasteiger charge is 2.35. The zero-order valence-electron chi connectivity index (χ0n) is 20.9. The lowest BCUT2D eigenvalue weighted by Gasteiger charge is -2.32. The third-order valence-corrected chi connectivity index (χ3v) is 4.99. The Kier molecular flexibility index (Phi) is 10.8. The van der Waals surface area contributed by atoms with Crippen molar-refractivity contribution in [3.63, 3.8) is 0 Å². The van der Waals surface area contributed by atoms with Crippen LogP contribution in [-0.2, 0) is 19.1 Å². The first-order valence-corrected chi connectivity index (χ1v) is 11.4. The molecule has 10 heteroatoms. The maximum absolute atomic E-state index is 13.4. The van der Waals surface area contributed by atoms with Crippen molar-refractivity contribution in [2.75, 3.05) is 7.05 Å². The van der Waals surface area contributed by atoms with Crippen molar-refractivity contribution in [1.82, 2.24) is 15.5 Å². The highest BCUT2D eigenvalue weighted by Crippen LogP contribution is 2.29. The molecule has 0 aliphatic heterocycles. The molecule has 10 nitrogen and oxygen atoms in total. The van der Waals surface area contributed by atoms with Crippen molar-refractivity contribution in [3.8, 4) is 5.75 Å². The SMILES string of the molecule is CCCC(C)NC(=O)C(c1ccccc1O)N(C)C(=O)C(CCC(N)=O)NC(=O)OC(C)(C)C. The Labute approximate surface area is 201 Å². The molecule has 0 aromatic heterocycles. The highest BCUT2D eigenvalue weighted by molar-refractivity contribution is 5.92. The number of alkyl carbamates (subject to hydrolysis) is 1. The van der Waals surface area contributed by atoms with Crippen molar-refractivity contribution in [1.29, 1.82) is 0 Å². The summed E-state index contributed by atoms with van der Waals surface area (Å²) in [4.78, 5) is 51.5. The van der Waals surface area contributed by atoms with E-state index in [0.29, 0.717) is 0 Å². The van der Waals surface area contributed by atoms with Crippen LogP contribution >= 0.6 is 0 Å². The predicted octanol–water partition coefficient (Wildman–Crippen LogP) is 2.36. The minimum Gasteiger partial charge on any atom is -0.508 e. The number of nitrogens with one attached hydrogen (secondary N) is 2. The monoisotopic (exact) mass is 478 g/mol. The van der Waals surface area contributed by atoms with Crippen LogP contribution in [-0.4, -0.2) is 58.6 Å². The molecule has 1 aromatic rings. The molecule has 4 amide bonds. The summed E-state index contributed by atoms with van der Waals surface area (Å²) in [5.74, 6) is -1.92. The summed E-state index contributed by atoms with van der Waals surface area (Å²) in [6, 6.07) is 3.72. The number of likely N-dealkylation sites (N-methyl/N-ethyl adjacent to an activating group) is 1. The largest absolute Gasteiger partial charge is 0.508 e. The van der Waals surface area contributed by atoms with Gasteiger partial charge in [-0.25, -0.2) is 4.79 Å². The van der Waals surface area contributed by atoms with Gasteiger partial charge in [-0.1, -0.05) is 31.5 Å². The average molecular weight is 479 g/mol. The molecule has 190 valence electrons. The van der Waals surface area contributed by atoms with Gasteiger partial charge >= 0.3 is 6.09 Å². The molecule has 1 rings (SSSR count). The molecule has 0 heterocycles. The maximum Gasteiger partial charge on any atom is 0.408 e. The predicted molar refractivity (Wildman–Crippen MR) is 128 cm³/mol. The van der Waals surface area contributed by atoms with E-state index < -0.39 is 41.5 Å². The molecule has 0 saturated heterocycles. The Morgan fingerprint density at radius 2 is 1.74 bits per heavy atom. The average Bonchev–Trinajstić information content (AvgIpc) is 2.70. The number of primary amides is 1. The van der Waals surface area contributed by atoms with E-state index in [1.807, 2.05) is 13.8 Å². The number of phenols is 1. The number of hydrogen-bond acceptors (Lipinski definition) is 6. The molecule has 0 aliphatic carbocycles. The summed E-state index contributed by atoms with van der Waals surface area (Å²) in [7, 11) is 1.40. The van der Waals surface area contributed by atoms with Crippen LogP contribution in [0.25, 0.3) is 0 Å². The number of ether oxygens (including phenoxy) is 1. The van der Waals surface area contributed by atoms with Crippen LogP contribution in [0.3, 0.4) is 0 Å². The fourth-order valence-electron chi connectivity index (χ4n) is 3.44. The van der Waals surface area contributed by atoms with Gasteiger partial charge in [0.2, 0.25) is 17.7 Å². The molecule has 0 fully saturated rings. The number of hydrogen-bond donors (Lipinski definition) is 4. The number of nitrogens with zero attached hydrogens (tertiary/aromatic N) is 1. The third kappa shape index (κ3) is 9.29. The minimum atomic E-state index is -1.18. The Morgan fingerprint density at radius 1 is 1.12 bits per heavy atom. The van der Waals surface area contributed by atoms with E-state index in [-0.39, 0.29) is 30.2 Å². The van der Waals surface area contributed by atoms with Crippen LogP contribution in [0.4, 0.5) is 4.79 Å². The highest BCUT2D eigenvalue weighted by atomic mass is 16.6. The Bertz CT molecular complexity index is 867. The van der Waals surface area contributed by atoms with Gasteiger partial charge in [-0.05, 0) is 46.6 Å². The van der Waals surface area contributed by atoms with Crippen LogP contribution in [0, 0.1) is 0 Å². The minimum absolute atomic E-state index is 0.0842. The van der Waals surface area contributed by atoms with E-state index in [2.05, 4.69) is 10.6 Å². The van der Waals surface area contributed by atoms with Crippen molar-refractivity contribution in [2.24, 2.45) is 5.73 Å². The molecule has 34 heavy (non-hydrogen) atoms. The van der Waals surface area contributed by atoms with Crippen LogP contribution in [0.5, 0.6) is 5.75 Å². The number of rotatable bonds is 11. The maximum atomic E-state index is 13.4. The smallest absolute Gasteiger partial charge is 0.408 e. The number of amides is 4. The van der Waals surface area contributed by atoms with Crippen molar-refractivity contribution >= 4 is 23.8 Å². The second kappa shape index (κ2) is 12.8. The van der Waals surface area contributed by atoms with Crippen molar-refractivity contribution in [3.05, 3.63) is 29.8 Å². The second-order valence-corrected chi connectivity index (χ2v) is 9.31. The molecular formula is C24H38N4O6. The van der Waals surface area contributed by atoms with E-state index in [4.69, 9.17) is 10.5 Å². The fraction of sp³-hybridized carbons (Fsp3) is 0.583. The molecular weight excluding hydrogens is 440 g/mol. The molecule has 0 spiro atoms. The molecule has 0 bridgehead atoms. The third-order valence-electron chi connectivity index (χ3n) is 4.99. The lowest BCUT2D eigenvalue weighted by atomic mass is 10.0. The molecule has 0 saturated carbocycles. The second-order valence-electron chi connectivity index (χ2n) is 9.31. The van der Waals surface area contributed by atoms with E-state index in [1.165, 1.54) is 13.1 Å². The van der Waals surface area contributed by atoms with Crippen LogP contribution in [0.1, 0.15) is 71.9 Å². The topological polar surface area (TPSA) is 151 Å². The van der Waals surface area contributed by atoms with Gasteiger partial charge in [-0.3, -0.25) is 14.4 Å². The fourth-order valence-corrected chi connectivity index (χ4v) is 3.44. The summed E-state index contributed by atoms with van der Waals surface area (Å²) < 4.78 is 5.24. The van der Waals surface area contributed by atoms with Gasteiger partial charge in [0.1, 0.15) is 23.4 Å². The van der Waals surface area contributed by atoms with E-state index in [0.717, 1.165) is 17.7 Å². The van der Waals surface area contributed by atoms with Gasteiger partial charge in [0.15, 0.2) is 0 Å². The quantitative estimate of drug-likeness (QED) is 0.383. The number of carbonyl (C=O) groups is 4. The van der Waals surface area contributed by atoms with E-state index in [1.54, 1.807) is 39.0 Å². The summed E-state index contributed by atoms with van der Waals surface area (Å²) in [5.41, 5.74) is 4.67.